The fraction of sp³-hybridized carbons (Fsp3) is 0.889. The lowest BCUT2D eigenvalue weighted by atomic mass is 10.3. The standard InChI is InChI=1S/C9H16BrNO3/c1-7(10)5-11(2)9(12)8-6-13-3-4-14-8/h7-8H,3-6H2,1-2H3. The van der Waals surface area contributed by atoms with E-state index in [1.54, 1.807) is 11.9 Å². The number of hydrogen-bond donors (Lipinski definition) is 0. The van der Waals surface area contributed by atoms with Gasteiger partial charge in [0.2, 0.25) is 0 Å². The molecule has 0 N–H and O–H groups in total. The molecule has 2 unspecified atom stereocenters. The zero-order valence-corrected chi connectivity index (χ0v) is 10.1. The highest BCUT2D eigenvalue weighted by Crippen LogP contribution is 2.06. The van der Waals surface area contributed by atoms with E-state index in [1.165, 1.54) is 0 Å². The van der Waals surface area contributed by atoms with Crippen molar-refractivity contribution in [2.75, 3.05) is 33.4 Å². The van der Waals surface area contributed by atoms with E-state index in [4.69, 9.17) is 9.47 Å². The van der Waals surface area contributed by atoms with Crippen LogP contribution in [0.5, 0.6) is 0 Å². The second kappa shape index (κ2) is 5.68. The van der Waals surface area contributed by atoms with Gasteiger partial charge < -0.3 is 14.4 Å². The van der Waals surface area contributed by atoms with Crippen LogP contribution in [0.25, 0.3) is 0 Å². The van der Waals surface area contributed by atoms with E-state index < -0.39 is 6.10 Å². The fourth-order valence-electron chi connectivity index (χ4n) is 1.34. The molecule has 4 nitrogen and oxygen atoms in total. The molecule has 1 amide bonds. The molecule has 0 saturated carbocycles. The van der Waals surface area contributed by atoms with Gasteiger partial charge in [0.25, 0.3) is 5.91 Å². The minimum atomic E-state index is -0.417. The van der Waals surface area contributed by atoms with Crippen molar-refractivity contribution in [1.29, 1.82) is 0 Å². The first-order valence-electron chi connectivity index (χ1n) is 4.69. The van der Waals surface area contributed by atoms with Gasteiger partial charge in [-0.25, -0.2) is 0 Å². The Hall–Kier alpha value is -0.130. The molecule has 2 atom stereocenters. The number of ether oxygens (including phenoxy) is 2. The van der Waals surface area contributed by atoms with Gasteiger partial charge in [-0.2, -0.15) is 0 Å². The Morgan fingerprint density at radius 1 is 1.64 bits per heavy atom. The summed E-state index contributed by atoms with van der Waals surface area (Å²) in [4.78, 5) is 13.7. The number of halogens is 1. The second-order valence-corrected chi connectivity index (χ2v) is 5.00. The van der Waals surface area contributed by atoms with Crippen LogP contribution in [0, 0.1) is 0 Å². The summed E-state index contributed by atoms with van der Waals surface area (Å²) in [6.07, 6.45) is -0.417. The Kier molecular flexibility index (Phi) is 4.84. The third kappa shape index (κ3) is 3.55. The van der Waals surface area contributed by atoms with Crippen LogP contribution in [0.2, 0.25) is 0 Å². The molecule has 1 aliphatic rings. The molecule has 1 aliphatic heterocycles. The molecule has 0 spiro atoms. The van der Waals surface area contributed by atoms with Crippen LogP contribution in [0.1, 0.15) is 6.92 Å². The monoisotopic (exact) mass is 265 g/mol. The Morgan fingerprint density at radius 3 is 2.86 bits per heavy atom. The number of amides is 1. The molecule has 0 aromatic carbocycles. The summed E-state index contributed by atoms with van der Waals surface area (Å²) in [6, 6.07) is 0. The molecule has 0 bridgehead atoms. The van der Waals surface area contributed by atoms with Gasteiger partial charge in [-0.15, -0.1) is 0 Å². The Balaban J connectivity index is 2.38. The van der Waals surface area contributed by atoms with Crippen molar-refractivity contribution in [2.24, 2.45) is 0 Å². The van der Waals surface area contributed by atoms with Gasteiger partial charge in [-0.3, -0.25) is 4.79 Å². The van der Waals surface area contributed by atoms with Crippen LogP contribution in [-0.4, -0.2) is 55.2 Å². The van der Waals surface area contributed by atoms with Gasteiger partial charge in [0.15, 0.2) is 6.10 Å². The van der Waals surface area contributed by atoms with Crippen LogP contribution in [0.3, 0.4) is 0 Å². The maximum absolute atomic E-state index is 11.7. The van der Waals surface area contributed by atoms with Gasteiger partial charge in [0.05, 0.1) is 19.8 Å². The van der Waals surface area contributed by atoms with Gasteiger partial charge in [-0.05, 0) is 0 Å². The largest absolute Gasteiger partial charge is 0.376 e. The molecular weight excluding hydrogens is 250 g/mol. The van der Waals surface area contributed by atoms with E-state index in [1.807, 2.05) is 6.92 Å². The smallest absolute Gasteiger partial charge is 0.253 e. The van der Waals surface area contributed by atoms with Gasteiger partial charge >= 0.3 is 0 Å². The van der Waals surface area contributed by atoms with Crippen molar-refractivity contribution >= 4 is 21.8 Å². The van der Waals surface area contributed by atoms with Crippen molar-refractivity contribution < 1.29 is 14.3 Å². The average molecular weight is 266 g/mol. The normalized spacial score (nSPS) is 24.4. The van der Waals surface area contributed by atoms with Crippen LogP contribution in [-0.2, 0) is 14.3 Å². The van der Waals surface area contributed by atoms with E-state index in [9.17, 15) is 4.79 Å². The zero-order valence-electron chi connectivity index (χ0n) is 8.53. The van der Waals surface area contributed by atoms with Crippen molar-refractivity contribution in [3.05, 3.63) is 0 Å². The van der Waals surface area contributed by atoms with Crippen LogP contribution >= 0.6 is 15.9 Å². The molecule has 1 rings (SSSR count). The average Bonchev–Trinajstić information content (AvgIpc) is 2.17. The third-order valence-corrected chi connectivity index (χ3v) is 2.28. The summed E-state index contributed by atoms with van der Waals surface area (Å²) in [5.74, 6) is -0.00370. The quantitative estimate of drug-likeness (QED) is 0.704. The van der Waals surface area contributed by atoms with Crippen LogP contribution in [0.4, 0.5) is 0 Å². The molecule has 0 aromatic heterocycles. The van der Waals surface area contributed by atoms with Crippen molar-refractivity contribution in [3.8, 4) is 0 Å². The lowest BCUT2D eigenvalue weighted by molar-refractivity contribution is -0.156. The highest BCUT2D eigenvalue weighted by molar-refractivity contribution is 9.09. The topological polar surface area (TPSA) is 38.8 Å². The van der Waals surface area contributed by atoms with Crippen molar-refractivity contribution in [1.82, 2.24) is 4.90 Å². The van der Waals surface area contributed by atoms with E-state index in [-0.39, 0.29) is 5.91 Å². The van der Waals surface area contributed by atoms with E-state index in [0.29, 0.717) is 31.2 Å². The summed E-state index contributed by atoms with van der Waals surface area (Å²) in [5.41, 5.74) is 0. The molecule has 0 radical (unpaired) electrons. The van der Waals surface area contributed by atoms with E-state index >= 15 is 0 Å². The fourth-order valence-corrected chi connectivity index (χ4v) is 1.78. The highest BCUT2D eigenvalue weighted by Gasteiger charge is 2.25. The molecule has 0 aromatic rings. The molecule has 0 aliphatic carbocycles. The Labute approximate surface area is 92.7 Å². The summed E-state index contributed by atoms with van der Waals surface area (Å²) < 4.78 is 10.5. The van der Waals surface area contributed by atoms with E-state index in [0.717, 1.165) is 0 Å². The van der Waals surface area contributed by atoms with Crippen molar-refractivity contribution in [2.45, 2.75) is 17.9 Å². The number of hydrogen-bond acceptors (Lipinski definition) is 3. The first-order chi connectivity index (χ1) is 6.61. The van der Waals surface area contributed by atoms with Crippen LogP contribution < -0.4 is 0 Å². The summed E-state index contributed by atoms with van der Waals surface area (Å²) in [6.45, 7) is 4.15. The molecule has 82 valence electrons. The number of carbonyl (C=O) groups excluding carboxylic acids is 1. The van der Waals surface area contributed by atoms with Gasteiger partial charge in [-0.1, -0.05) is 22.9 Å². The third-order valence-electron chi connectivity index (χ3n) is 1.99. The highest BCUT2D eigenvalue weighted by atomic mass is 79.9. The Bertz CT molecular complexity index is 192. The summed E-state index contributed by atoms with van der Waals surface area (Å²) in [5, 5.41) is 0. The Morgan fingerprint density at radius 2 is 2.36 bits per heavy atom. The molecular formula is C9H16BrNO3. The molecule has 1 heterocycles. The number of carbonyl (C=O) groups is 1. The second-order valence-electron chi connectivity index (χ2n) is 3.43. The first-order valence-corrected chi connectivity index (χ1v) is 5.61. The summed E-state index contributed by atoms with van der Waals surface area (Å²) in [7, 11) is 1.78. The molecule has 1 saturated heterocycles. The number of alkyl halides is 1. The molecule has 1 fully saturated rings. The predicted octanol–water partition coefficient (Wildman–Crippen LogP) is 0.644. The van der Waals surface area contributed by atoms with Crippen molar-refractivity contribution in [3.63, 3.8) is 0 Å². The maximum atomic E-state index is 11.7. The SMILES string of the molecule is CC(Br)CN(C)C(=O)C1COCCO1. The lowest BCUT2D eigenvalue weighted by Crippen LogP contribution is -2.45. The maximum Gasteiger partial charge on any atom is 0.253 e. The first kappa shape index (κ1) is 11.9. The summed E-state index contributed by atoms with van der Waals surface area (Å²) >= 11 is 3.40. The zero-order chi connectivity index (χ0) is 10.6. The number of nitrogens with zero attached hydrogens (tertiary/aromatic N) is 1. The number of rotatable bonds is 3. The minimum absolute atomic E-state index is 0.00370. The molecule has 14 heavy (non-hydrogen) atoms. The lowest BCUT2D eigenvalue weighted by Gasteiger charge is -2.27. The van der Waals surface area contributed by atoms with Gasteiger partial charge in [0.1, 0.15) is 0 Å². The molecule has 5 heteroatoms. The van der Waals surface area contributed by atoms with Crippen LogP contribution in [0.15, 0.2) is 0 Å². The van der Waals surface area contributed by atoms with E-state index in [2.05, 4.69) is 15.9 Å². The number of likely N-dealkylation sites (N-methyl/N-ethyl adjacent to an activating group) is 1. The minimum Gasteiger partial charge on any atom is -0.376 e. The predicted molar refractivity (Wildman–Crippen MR) is 56.6 cm³/mol. The van der Waals surface area contributed by atoms with Gasteiger partial charge in [0, 0.05) is 18.4 Å².